The van der Waals surface area contributed by atoms with Crippen molar-refractivity contribution in [2.24, 2.45) is 7.05 Å². The summed E-state index contributed by atoms with van der Waals surface area (Å²) in [4.78, 5) is 4.39. The summed E-state index contributed by atoms with van der Waals surface area (Å²) in [5, 5.41) is 16.5. The second kappa shape index (κ2) is 4.28. The van der Waals surface area contributed by atoms with E-state index in [4.69, 9.17) is 11.6 Å². The van der Waals surface area contributed by atoms with Crippen LogP contribution < -0.4 is 0 Å². The van der Waals surface area contributed by atoms with Gasteiger partial charge in [-0.05, 0) is 0 Å². The molecule has 8 heteroatoms. The molecule has 2 heterocycles. The van der Waals surface area contributed by atoms with Crippen LogP contribution in [0, 0.1) is 6.92 Å². The number of hydrogen-bond donors (Lipinski definition) is 0. The summed E-state index contributed by atoms with van der Waals surface area (Å²) in [6.45, 7) is 1.89. The summed E-state index contributed by atoms with van der Waals surface area (Å²) in [7, 11) is 1.79. The molecule has 0 amide bonds. The van der Waals surface area contributed by atoms with Crippen LogP contribution in [0.2, 0.25) is 5.02 Å². The van der Waals surface area contributed by atoms with Gasteiger partial charge in [0, 0.05) is 0 Å². The van der Waals surface area contributed by atoms with E-state index >= 15 is 0 Å². The number of aromatic nitrogens is 6. The van der Waals surface area contributed by atoms with Crippen molar-refractivity contribution in [2.75, 3.05) is 9.86 Å². The molecule has 0 bridgehead atoms. The Labute approximate surface area is 106 Å². The first kappa shape index (κ1) is 11.8. The van der Waals surface area contributed by atoms with E-state index in [2.05, 4.69) is 30.5 Å². The molecule has 2 aromatic rings. The van der Waals surface area contributed by atoms with Crippen LogP contribution in [0.3, 0.4) is 0 Å². The normalized spacial score (nSPS) is 11.9. The van der Waals surface area contributed by atoms with Gasteiger partial charge in [0.1, 0.15) is 0 Å². The summed E-state index contributed by atoms with van der Waals surface area (Å²) < 4.78 is 3.60. The fourth-order valence-corrected chi connectivity index (χ4v) is 3.86. The van der Waals surface area contributed by atoms with Crippen LogP contribution >= 0.6 is 31.7 Å². The Hall–Kier alpha value is -0.700. The van der Waals surface area contributed by atoms with Crippen molar-refractivity contribution >= 4 is 31.7 Å². The number of rotatable bonds is 2. The number of aryl methyl sites for hydroxylation is 2. The van der Waals surface area contributed by atoms with E-state index in [1.807, 2.05) is 9.82 Å². The van der Waals surface area contributed by atoms with Crippen molar-refractivity contribution in [1.29, 1.82) is 0 Å². The Morgan fingerprint density at radius 3 is 2.50 bits per heavy atom. The fraction of sp³-hybridized carbons (Fsp3) is 0.500. The van der Waals surface area contributed by atoms with Crippen LogP contribution in [0.15, 0.2) is 0 Å². The molecule has 0 spiro atoms. The minimum atomic E-state index is -1.30. The average Bonchev–Trinajstić information content (AvgIpc) is 2.73. The van der Waals surface area contributed by atoms with E-state index in [9.17, 15) is 0 Å². The van der Waals surface area contributed by atoms with Crippen LogP contribution in [0.1, 0.15) is 5.69 Å². The van der Waals surface area contributed by atoms with Gasteiger partial charge in [-0.2, -0.15) is 0 Å². The molecule has 0 aliphatic carbocycles. The van der Waals surface area contributed by atoms with Gasteiger partial charge in [-0.25, -0.2) is 0 Å². The molecule has 0 aliphatic rings. The molecule has 88 valence electrons. The molecule has 2 rings (SSSR count). The quantitative estimate of drug-likeness (QED) is 0.607. The van der Waals surface area contributed by atoms with Gasteiger partial charge in [0.25, 0.3) is 0 Å². The predicted molar refractivity (Wildman–Crippen MR) is 71.0 cm³/mol. The van der Waals surface area contributed by atoms with Crippen LogP contribution in [0.4, 0.5) is 0 Å². The second-order valence-corrected chi connectivity index (χ2v) is 8.83. The van der Waals surface area contributed by atoms with E-state index in [1.165, 1.54) is 0 Å². The molecular formula is C8H12ClIN6. The molecule has 0 fully saturated rings. The first-order valence-corrected chi connectivity index (χ1v) is 10.2. The summed E-state index contributed by atoms with van der Waals surface area (Å²) in [6.07, 6.45) is 0. The Bertz CT molecular complexity index is 517. The molecule has 0 aliphatic heterocycles. The number of nitrogens with zero attached hydrogens (tertiary/aromatic N) is 6. The Kier molecular flexibility index (Phi) is 3.15. The van der Waals surface area contributed by atoms with E-state index in [0.29, 0.717) is 10.8 Å². The Morgan fingerprint density at radius 1 is 1.31 bits per heavy atom. The van der Waals surface area contributed by atoms with E-state index < -0.39 is 20.1 Å². The maximum absolute atomic E-state index is 6.25. The monoisotopic (exact) mass is 354 g/mol. The van der Waals surface area contributed by atoms with Gasteiger partial charge in [0.15, 0.2) is 0 Å². The molecular weight excluding hydrogens is 342 g/mol. The third-order valence-electron chi connectivity index (χ3n) is 2.10. The predicted octanol–water partition coefficient (Wildman–Crippen LogP) is 1.56. The first-order chi connectivity index (χ1) is 7.52. The first-order valence-electron chi connectivity index (χ1n) is 4.51. The molecule has 6 nitrogen and oxygen atoms in total. The van der Waals surface area contributed by atoms with E-state index in [0.717, 1.165) is 11.4 Å². The number of hydrogen-bond acceptors (Lipinski definition) is 4. The Balaban J connectivity index is 2.68. The van der Waals surface area contributed by atoms with Crippen LogP contribution in [0.25, 0.3) is 11.5 Å². The molecule has 0 saturated heterocycles. The molecule has 0 N–H and O–H groups in total. The third-order valence-corrected chi connectivity index (χ3v) is 5.08. The topological polar surface area (TPSA) is 61.4 Å². The van der Waals surface area contributed by atoms with Gasteiger partial charge in [-0.1, -0.05) is 0 Å². The average molecular weight is 355 g/mol. The standard InChI is InChI=1S/C8H12ClIN6/c1-5-6(9)7(16(12-5)10(2)3)8-11-13-14-15(8)4/h1-4H3. The maximum atomic E-state index is 6.25. The summed E-state index contributed by atoms with van der Waals surface area (Å²) >= 11 is 4.95. The SMILES string of the molecule is Cc1nn(I(C)C)c(-c2nnnn2C)c1Cl. The zero-order valence-electron chi connectivity index (χ0n) is 9.44. The summed E-state index contributed by atoms with van der Waals surface area (Å²) in [6, 6.07) is 0. The molecule has 16 heavy (non-hydrogen) atoms. The van der Waals surface area contributed by atoms with E-state index in [-0.39, 0.29) is 0 Å². The van der Waals surface area contributed by atoms with Crippen molar-refractivity contribution in [3.05, 3.63) is 10.7 Å². The summed E-state index contributed by atoms with van der Waals surface area (Å²) in [5.41, 5.74) is 1.66. The van der Waals surface area contributed by atoms with Crippen molar-refractivity contribution in [3.63, 3.8) is 0 Å². The third kappa shape index (κ3) is 1.81. The van der Waals surface area contributed by atoms with Gasteiger partial charge in [-0.3, -0.25) is 0 Å². The van der Waals surface area contributed by atoms with Crippen molar-refractivity contribution < 1.29 is 0 Å². The van der Waals surface area contributed by atoms with Gasteiger partial charge in [0.2, 0.25) is 0 Å². The van der Waals surface area contributed by atoms with Crippen LogP contribution in [-0.4, -0.2) is 38.1 Å². The molecule has 0 unspecified atom stereocenters. The van der Waals surface area contributed by atoms with E-state index in [1.54, 1.807) is 11.7 Å². The van der Waals surface area contributed by atoms with Gasteiger partial charge < -0.3 is 0 Å². The molecule has 0 aromatic carbocycles. The number of tetrazole rings is 1. The Morgan fingerprint density at radius 2 is 2.00 bits per heavy atom. The van der Waals surface area contributed by atoms with Crippen molar-refractivity contribution in [2.45, 2.75) is 6.92 Å². The zero-order valence-corrected chi connectivity index (χ0v) is 12.4. The zero-order chi connectivity index (χ0) is 11.9. The number of alkyl halides is 2. The van der Waals surface area contributed by atoms with Crippen molar-refractivity contribution in [3.8, 4) is 11.5 Å². The van der Waals surface area contributed by atoms with Crippen LogP contribution in [-0.2, 0) is 7.05 Å². The summed E-state index contributed by atoms with van der Waals surface area (Å²) in [5.74, 6) is 0.664. The fourth-order valence-electron chi connectivity index (χ4n) is 1.33. The van der Waals surface area contributed by atoms with Gasteiger partial charge >= 0.3 is 106 Å². The number of halogens is 2. The molecule has 0 atom stereocenters. The minimum absolute atomic E-state index is 0.643. The molecule has 0 radical (unpaired) electrons. The molecule has 0 saturated carbocycles. The van der Waals surface area contributed by atoms with Gasteiger partial charge in [-0.15, -0.1) is 0 Å². The van der Waals surface area contributed by atoms with Crippen molar-refractivity contribution in [1.82, 2.24) is 28.2 Å². The van der Waals surface area contributed by atoms with Gasteiger partial charge in [0.05, 0.1) is 0 Å². The van der Waals surface area contributed by atoms with Crippen LogP contribution in [0.5, 0.6) is 0 Å². The molecule has 2 aromatic heterocycles. The second-order valence-electron chi connectivity index (χ2n) is 3.45.